The number of aromatic nitrogens is 1. The summed E-state index contributed by atoms with van der Waals surface area (Å²) < 4.78 is 31.1. The van der Waals surface area contributed by atoms with Gasteiger partial charge in [-0.25, -0.2) is 4.39 Å². The largest absolute Gasteiger partial charge is 0.495 e. The molecule has 0 atom stereocenters. The van der Waals surface area contributed by atoms with Crippen molar-refractivity contribution in [2.75, 3.05) is 55.4 Å². The number of esters is 1. The lowest BCUT2D eigenvalue weighted by Crippen LogP contribution is -2.43. The highest BCUT2D eigenvalue weighted by molar-refractivity contribution is 6.16. The Morgan fingerprint density at radius 2 is 1.45 bits per heavy atom. The van der Waals surface area contributed by atoms with Crippen LogP contribution in [0, 0.1) is 23.1 Å². The zero-order valence-electron chi connectivity index (χ0n) is 32.0. The normalized spacial score (nSPS) is 17.7. The average Bonchev–Trinajstić information content (AvgIpc) is 3.99. The molecule has 290 valence electrons. The van der Waals surface area contributed by atoms with Gasteiger partial charge in [0.15, 0.2) is 0 Å². The number of hydrogen-bond donors (Lipinski definition) is 2. The van der Waals surface area contributed by atoms with Crippen molar-refractivity contribution in [1.82, 2.24) is 9.88 Å². The van der Waals surface area contributed by atoms with E-state index in [9.17, 15) is 18.8 Å². The monoisotopic (exact) mass is 751 g/mol. The molecule has 4 aromatic rings. The van der Waals surface area contributed by atoms with Crippen LogP contribution >= 0.6 is 0 Å². The Bertz CT molecular complexity index is 2010. The molecule has 7 rings (SSSR count). The number of methoxy groups -OCH3 is 1. The topological polar surface area (TPSA) is 122 Å². The Hall–Kier alpha value is -5.23. The number of benzene rings is 3. The number of pyridine rings is 1. The summed E-state index contributed by atoms with van der Waals surface area (Å²) in [6, 6.07) is 18.3. The van der Waals surface area contributed by atoms with E-state index in [0.29, 0.717) is 41.6 Å². The van der Waals surface area contributed by atoms with Crippen LogP contribution in [0.1, 0.15) is 59.3 Å². The number of fused-ring (bicyclic) bond motifs is 1. The van der Waals surface area contributed by atoms with Gasteiger partial charge in [-0.2, -0.15) is 0 Å². The Kier molecular flexibility index (Phi) is 11.0. The van der Waals surface area contributed by atoms with Crippen molar-refractivity contribution in [2.45, 2.75) is 64.9 Å². The fourth-order valence-electron chi connectivity index (χ4n) is 7.54. The maximum atomic E-state index is 13.3. The molecule has 1 aromatic heterocycles. The summed E-state index contributed by atoms with van der Waals surface area (Å²) in [4.78, 5) is 48.2. The van der Waals surface area contributed by atoms with Gasteiger partial charge in [0, 0.05) is 42.6 Å². The standard InChI is InChI=1S/C43H50FN5O6/c1-42(2,3)55-39(50)29-16-21-48(22-17-29)27-28-14-23-49(24-15-28)36-26-35-34(25-38(36)53-4)37(13-20-45-35)54-33-11-9-32(10-12-33)47-41(52)43(18-19-43)40(51)46-31-7-5-30(44)6-8-31/h5-13,20,25-26,28-29H,14-19,21-24,27H2,1-4H3,(H,46,51)(H,47,52). The number of carbonyl (C=O) groups is 3. The first-order valence-electron chi connectivity index (χ1n) is 19.2. The number of carbonyl (C=O) groups excluding carboxylic acids is 3. The number of likely N-dealkylation sites (tertiary alicyclic amines) is 1. The van der Waals surface area contributed by atoms with Gasteiger partial charge in [-0.15, -0.1) is 0 Å². The van der Waals surface area contributed by atoms with Crippen molar-refractivity contribution >= 4 is 45.7 Å². The summed E-state index contributed by atoms with van der Waals surface area (Å²) in [5.41, 5.74) is 1.17. The molecular formula is C43H50FN5O6. The van der Waals surface area contributed by atoms with Gasteiger partial charge >= 0.3 is 5.97 Å². The van der Waals surface area contributed by atoms with Crippen molar-refractivity contribution < 1.29 is 33.0 Å². The molecule has 3 aliphatic rings. The van der Waals surface area contributed by atoms with Crippen LogP contribution < -0.4 is 25.0 Å². The van der Waals surface area contributed by atoms with Crippen LogP contribution in [-0.2, 0) is 19.1 Å². The van der Waals surface area contributed by atoms with E-state index in [0.717, 1.165) is 80.7 Å². The van der Waals surface area contributed by atoms with E-state index in [1.54, 1.807) is 37.6 Å². The van der Waals surface area contributed by atoms with Gasteiger partial charge in [-0.3, -0.25) is 19.4 Å². The first-order chi connectivity index (χ1) is 26.4. The van der Waals surface area contributed by atoms with Crippen LogP contribution in [0.5, 0.6) is 17.2 Å². The first kappa shape index (κ1) is 38.1. The van der Waals surface area contributed by atoms with Gasteiger partial charge in [0.25, 0.3) is 0 Å². The van der Waals surface area contributed by atoms with Crippen molar-refractivity contribution in [2.24, 2.45) is 17.3 Å². The van der Waals surface area contributed by atoms with Gasteiger partial charge in [-0.05, 0) is 145 Å². The number of nitrogens with one attached hydrogen (secondary N) is 2. The second-order valence-electron chi connectivity index (χ2n) is 16.0. The van der Waals surface area contributed by atoms with E-state index < -0.39 is 22.7 Å². The zero-order chi connectivity index (χ0) is 38.7. The molecule has 0 unspecified atom stereocenters. The maximum absolute atomic E-state index is 13.3. The van der Waals surface area contributed by atoms with Gasteiger partial charge < -0.3 is 34.6 Å². The molecule has 1 aliphatic carbocycles. The summed E-state index contributed by atoms with van der Waals surface area (Å²) in [6.45, 7) is 10.5. The SMILES string of the molecule is COc1cc2c(Oc3ccc(NC(=O)C4(C(=O)Nc5ccc(F)cc5)CC4)cc3)ccnc2cc1N1CCC(CN2CCC(C(=O)OC(C)(C)C)CC2)CC1. The predicted octanol–water partition coefficient (Wildman–Crippen LogP) is 7.80. The zero-order valence-corrected chi connectivity index (χ0v) is 32.0. The number of rotatable bonds is 11. The summed E-state index contributed by atoms with van der Waals surface area (Å²) in [6.07, 6.45) is 6.46. The van der Waals surface area contributed by atoms with Crippen molar-refractivity contribution in [3.05, 3.63) is 78.7 Å². The van der Waals surface area contributed by atoms with Crippen molar-refractivity contribution in [3.63, 3.8) is 0 Å². The highest BCUT2D eigenvalue weighted by atomic mass is 19.1. The molecule has 2 saturated heterocycles. The summed E-state index contributed by atoms with van der Waals surface area (Å²) >= 11 is 0. The Morgan fingerprint density at radius 1 is 0.836 bits per heavy atom. The van der Waals surface area contributed by atoms with Crippen molar-refractivity contribution in [1.29, 1.82) is 0 Å². The molecule has 11 nitrogen and oxygen atoms in total. The van der Waals surface area contributed by atoms with Gasteiger partial charge in [0.05, 0.1) is 24.2 Å². The second-order valence-corrected chi connectivity index (χ2v) is 16.0. The Balaban J connectivity index is 0.935. The molecule has 0 bridgehead atoms. The van der Waals surface area contributed by atoms with Crippen LogP contribution in [0.25, 0.3) is 10.9 Å². The molecule has 2 amide bonds. The number of ether oxygens (including phenoxy) is 3. The third-order valence-electron chi connectivity index (χ3n) is 10.9. The second kappa shape index (κ2) is 15.9. The van der Waals surface area contributed by atoms with E-state index in [-0.39, 0.29) is 17.8 Å². The number of nitrogens with zero attached hydrogens (tertiary/aromatic N) is 3. The molecule has 2 N–H and O–H groups in total. The predicted molar refractivity (Wildman–Crippen MR) is 210 cm³/mol. The minimum Gasteiger partial charge on any atom is -0.495 e. The molecule has 3 fully saturated rings. The minimum absolute atomic E-state index is 0.00314. The first-order valence-corrected chi connectivity index (χ1v) is 19.2. The lowest BCUT2D eigenvalue weighted by molar-refractivity contribution is -0.161. The van der Waals surface area contributed by atoms with Gasteiger partial charge in [0.1, 0.15) is 34.1 Å². The lowest BCUT2D eigenvalue weighted by atomic mass is 9.92. The fraction of sp³-hybridized carbons (Fsp3) is 0.442. The molecular weight excluding hydrogens is 702 g/mol. The van der Waals surface area contributed by atoms with Gasteiger partial charge in [-0.1, -0.05) is 0 Å². The number of hydrogen-bond acceptors (Lipinski definition) is 9. The fourth-order valence-corrected chi connectivity index (χ4v) is 7.54. The highest BCUT2D eigenvalue weighted by Gasteiger charge is 2.56. The Morgan fingerprint density at radius 3 is 2.04 bits per heavy atom. The Labute approximate surface area is 321 Å². The number of amides is 2. The molecule has 0 spiro atoms. The summed E-state index contributed by atoms with van der Waals surface area (Å²) in [5, 5.41) is 6.40. The van der Waals surface area contributed by atoms with E-state index in [2.05, 4.69) is 31.5 Å². The quantitative estimate of drug-likeness (QED) is 0.117. The van der Waals surface area contributed by atoms with E-state index in [1.165, 1.54) is 24.3 Å². The highest BCUT2D eigenvalue weighted by Crippen LogP contribution is 2.48. The summed E-state index contributed by atoms with van der Waals surface area (Å²) in [5.74, 6) is 1.28. The molecule has 3 heterocycles. The molecule has 3 aromatic carbocycles. The van der Waals surface area contributed by atoms with Crippen LogP contribution in [0.2, 0.25) is 0 Å². The van der Waals surface area contributed by atoms with E-state index in [1.807, 2.05) is 32.9 Å². The van der Waals surface area contributed by atoms with Crippen LogP contribution in [0.15, 0.2) is 72.9 Å². The third-order valence-corrected chi connectivity index (χ3v) is 10.9. The number of halogens is 1. The molecule has 12 heteroatoms. The van der Waals surface area contributed by atoms with Crippen LogP contribution in [-0.4, -0.2) is 73.1 Å². The third kappa shape index (κ3) is 9.02. The number of piperidine rings is 2. The molecule has 0 radical (unpaired) electrons. The van der Waals surface area contributed by atoms with Crippen molar-refractivity contribution in [3.8, 4) is 17.2 Å². The van der Waals surface area contributed by atoms with E-state index in [4.69, 9.17) is 14.2 Å². The lowest BCUT2D eigenvalue weighted by Gasteiger charge is -2.38. The van der Waals surface area contributed by atoms with E-state index >= 15 is 0 Å². The molecule has 1 saturated carbocycles. The maximum Gasteiger partial charge on any atom is 0.309 e. The van der Waals surface area contributed by atoms with Crippen LogP contribution in [0.3, 0.4) is 0 Å². The molecule has 2 aliphatic heterocycles. The smallest absolute Gasteiger partial charge is 0.309 e. The van der Waals surface area contributed by atoms with Crippen LogP contribution in [0.4, 0.5) is 21.5 Å². The molecule has 55 heavy (non-hydrogen) atoms. The number of anilines is 3. The minimum atomic E-state index is -1.16. The average molecular weight is 752 g/mol. The summed E-state index contributed by atoms with van der Waals surface area (Å²) in [7, 11) is 1.68. The van der Waals surface area contributed by atoms with Gasteiger partial charge in [0.2, 0.25) is 11.8 Å².